The summed E-state index contributed by atoms with van der Waals surface area (Å²) >= 11 is 4.21. The summed E-state index contributed by atoms with van der Waals surface area (Å²) in [5.41, 5.74) is -2.30. The Morgan fingerprint density at radius 2 is 1.71 bits per heavy atom. The minimum Gasteiger partial charge on any atom is -0.444 e. The fourth-order valence-electron chi connectivity index (χ4n) is 3.33. The lowest BCUT2D eigenvalue weighted by molar-refractivity contribution is -0.136. The van der Waals surface area contributed by atoms with Gasteiger partial charge in [-0.15, -0.1) is 0 Å². The third-order valence-electron chi connectivity index (χ3n) is 4.92. The number of nitrogens with one attached hydrogen (secondary N) is 3. The molecule has 1 aromatic heterocycles. The van der Waals surface area contributed by atoms with Crippen LogP contribution in [0.5, 0.6) is 0 Å². The fraction of sp³-hybridized carbons (Fsp3) is 0.280. The smallest absolute Gasteiger partial charge is 0.417 e. The van der Waals surface area contributed by atoms with Crippen molar-refractivity contribution in [3.05, 3.63) is 69.6 Å². The quantitative estimate of drug-likeness (QED) is 0.254. The lowest BCUT2D eigenvalue weighted by Crippen LogP contribution is -2.33. The maximum Gasteiger partial charge on any atom is 0.417 e. The summed E-state index contributed by atoms with van der Waals surface area (Å²) in [6.45, 7) is 4.63. The maximum atomic E-state index is 13.2. The molecule has 202 valence electrons. The standard InChI is InChI=1S/C25H24F3N3O6S/c1-24(2,3)37-23(35)31-18-8-13(4-5-14(18)12-38)22(34)29-11-20(32)30-15-6-7-16-17(25(26,27)28)10-21(33)36-19(16)9-15/h4-10,38H,11-12H2,1-3H3,(H,29,34)(H,30,32)(H,31,35). The molecular weight excluding hydrogens is 527 g/mol. The molecule has 9 nitrogen and oxygen atoms in total. The summed E-state index contributed by atoms with van der Waals surface area (Å²) in [5, 5.41) is 7.06. The molecule has 0 fully saturated rings. The topological polar surface area (TPSA) is 127 Å². The molecule has 0 saturated heterocycles. The summed E-state index contributed by atoms with van der Waals surface area (Å²) in [6.07, 6.45) is -5.48. The van der Waals surface area contributed by atoms with Gasteiger partial charge in [-0.1, -0.05) is 6.07 Å². The normalized spacial score (nSPS) is 11.7. The lowest BCUT2D eigenvalue weighted by atomic mass is 10.1. The zero-order valence-corrected chi connectivity index (χ0v) is 21.4. The van der Waals surface area contributed by atoms with Crippen LogP contribution in [0.3, 0.4) is 0 Å². The van der Waals surface area contributed by atoms with Crippen LogP contribution in [0.15, 0.2) is 51.7 Å². The van der Waals surface area contributed by atoms with Gasteiger partial charge in [-0.25, -0.2) is 9.59 Å². The first-order valence-corrected chi connectivity index (χ1v) is 11.8. The molecule has 0 aliphatic carbocycles. The lowest BCUT2D eigenvalue weighted by Gasteiger charge is -2.20. The molecule has 38 heavy (non-hydrogen) atoms. The number of fused-ring (bicyclic) bond motifs is 1. The molecule has 0 saturated carbocycles. The molecule has 3 rings (SSSR count). The first kappa shape index (κ1) is 28.6. The molecule has 3 N–H and O–H groups in total. The molecule has 0 radical (unpaired) electrons. The van der Waals surface area contributed by atoms with E-state index in [1.807, 2.05) is 0 Å². The van der Waals surface area contributed by atoms with Gasteiger partial charge in [-0.3, -0.25) is 14.9 Å². The summed E-state index contributed by atoms with van der Waals surface area (Å²) in [7, 11) is 0. The van der Waals surface area contributed by atoms with Gasteiger partial charge in [-0.05, 0) is 50.6 Å². The highest BCUT2D eigenvalue weighted by Gasteiger charge is 2.33. The number of hydrogen-bond acceptors (Lipinski definition) is 7. The molecule has 0 atom stereocenters. The van der Waals surface area contributed by atoms with Crippen LogP contribution in [-0.4, -0.2) is 30.1 Å². The second-order valence-electron chi connectivity index (χ2n) is 9.08. The minimum atomic E-state index is -4.77. The molecule has 0 aliphatic heterocycles. The van der Waals surface area contributed by atoms with E-state index in [9.17, 15) is 32.3 Å². The molecule has 0 spiro atoms. The van der Waals surface area contributed by atoms with E-state index >= 15 is 0 Å². The average molecular weight is 552 g/mol. The van der Waals surface area contributed by atoms with Crippen LogP contribution < -0.4 is 21.6 Å². The van der Waals surface area contributed by atoms with E-state index in [-0.39, 0.29) is 28.0 Å². The highest BCUT2D eigenvalue weighted by Crippen LogP contribution is 2.34. The Bertz CT molecular complexity index is 1450. The van der Waals surface area contributed by atoms with E-state index in [1.165, 1.54) is 18.2 Å². The van der Waals surface area contributed by atoms with Gasteiger partial charge in [-0.2, -0.15) is 25.8 Å². The molecule has 2 aromatic carbocycles. The van der Waals surface area contributed by atoms with Gasteiger partial charge in [0.05, 0.1) is 12.1 Å². The third kappa shape index (κ3) is 7.51. The average Bonchev–Trinajstić information content (AvgIpc) is 2.79. The van der Waals surface area contributed by atoms with Crippen molar-refractivity contribution in [2.75, 3.05) is 17.2 Å². The Kier molecular flexibility index (Phi) is 8.40. The molecular formula is C25H24F3N3O6S. The summed E-state index contributed by atoms with van der Waals surface area (Å²) < 4.78 is 49.7. The Hall–Kier alpha value is -4.00. The largest absolute Gasteiger partial charge is 0.444 e. The van der Waals surface area contributed by atoms with Crippen molar-refractivity contribution in [2.45, 2.75) is 38.3 Å². The second kappa shape index (κ2) is 11.2. The van der Waals surface area contributed by atoms with Gasteiger partial charge in [0.25, 0.3) is 5.91 Å². The molecule has 3 amide bonds. The Morgan fingerprint density at radius 3 is 2.34 bits per heavy atom. The third-order valence-corrected chi connectivity index (χ3v) is 5.26. The predicted octanol–water partition coefficient (Wildman–Crippen LogP) is 4.96. The van der Waals surface area contributed by atoms with Crippen LogP contribution in [0.4, 0.5) is 29.3 Å². The number of rotatable bonds is 6. The summed E-state index contributed by atoms with van der Waals surface area (Å²) in [5.74, 6) is -1.05. The number of ether oxygens (including phenoxy) is 1. The van der Waals surface area contributed by atoms with Gasteiger partial charge >= 0.3 is 17.9 Å². The van der Waals surface area contributed by atoms with Gasteiger partial charge in [0.2, 0.25) is 5.91 Å². The van der Waals surface area contributed by atoms with Crippen LogP contribution in [0.1, 0.15) is 42.3 Å². The van der Waals surface area contributed by atoms with E-state index in [4.69, 9.17) is 9.15 Å². The fourth-order valence-corrected chi connectivity index (χ4v) is 3.60. The van der Waals surface area contributed by atoms with Crippen LogP contribution in [0.2, 0.25) is 0 Å². The number of carbonyl (C=O) groups excluding carboxylic acids is 3. The van der Waals surface area contributed by atoms with E-state index in [0.29, 0.717) is 17.3 Å². The van der Waals surface area contributed by atoms with E-state index in [2.05, 4.69) is 28.6 Å². The molecule has 0 aliphatic rings. The number of alkyl halides is 3. The van der Waals surface area contributed by atoms with Gasteiger partial charge < -0.3 is 19.8 Å². The number of benzene rings is 2. The van der Waals surface area contributed by atoms with Crippen molar-refractivity contribution in [1.82, 2.24) is 5.32 Å². The monoisotopic (exact) mass is 551 g/mol. The Balaban J connectivity index is 1.68. The molecule has 0 bridgehead atoms. The Labute approximate surface area is 220 Å². The van der Waals surface area contributed by atoms with Crippen LogP contribution in [0.25, 0.3) is 11.0 Å². The minimum absolute atomic E-state index is 0.0567. The highest BCUT2D eigenvalue weighted by atomic mass is 32.1. The zero-order valence-electron chi connectivity index (χ0n) is 20.5. The van der Waals surface area contributed by atoms with Crippen molar-refractivity contribution in [3.8, 4) is 0 Å². The molecule has 0 unspecified atom stereocenters. The van der Waals surface area contributed by atoms with E-state index in [0.717, 1.165) is 12.1 Å². The van der Waals surface area contributed by atoms with Crippen molar-refractivity contribution in [1.29, 1.82) is 0 Å². The van der Waals surface area contributed by atoms with Crippen molar-refractivity contribution in [2.24, 2.45) is 0 Å². The van der Waals surface area contributed by atoms with Crippen molar-refractivity contribution in [3.63, 3.8) is 0 Å². The zero-order chi connectivity index (χ0) is 28.3. The van der Waals surface area contributed by atoms with Crippen LogP contribution >= 0.6 is 12.6 Å². The number of thiol groups is 1. The SMILES string of the molecule is CC(C)(C)OC(=O)Nc1cc(C(=O)NCC(=O)Nc2ccc3c(C(F)(F)F)cc(=O)oc3c2)ccc1CS. The predicted molar refractivity (Wildman–Crippen MR) is 137 cm³/mol. The van der Waals surface area contributed by atoms with Crippen molar-refractivity contribution >= 4 is 52.9 Å². The van der Waals surface area contributed by atoms with Crippen LogP contribution in [0, 0.1) is 0 Å². The van der Waals surface area contributed by atoms with Gasteiger partial charge in [0, 0.05) is 40.2 Å². The highest BCUT2D eigenvalue weighted by molar-refractivity contribution is 7.79. The number of anilines is 2. The first-order chi connectivity index (χ1) is 17.7. The summed E-state index contributed by atoms with van der Waals surface area (Å²) in [6, 6.07) is 8.20. The number of carbonyl (C=O) groups is 3. The summed E-state index contributed by atoms with van der Waals surface area (Å²) in [4.78, 5) is 48.6. The molecule has 13 heteroatoms. The number of amides is 3. The molecule has 1 heterocycles. The van der Waals surface area contributed by atoms with Crippen molar-refractivity contribution < 1.29 is 36.7 Å². The van der Waals surface area contributed by atoms with Gasteiger partial charge in [0.1, 0.15) is 11.2 Å². The number of hydrogen-bond donors (Lipinski definition) is 4. The molecule has 3 aromatic rings. The van der Waals surface area contributed by atoms with E-state index < -0.39 is 47.4 Å². The van der Waals surface area contributed by atoms with Gasteiger partial charge in [0.15, 0.2) is 0 Å². The van der Waals surface area contributed by atoms with E-state index in [1.54, 1.807) is 26.8 Å². The maximum absolute atomic E-state index is 13.2. The number of halogens is 3. The second-order valence-corrected chi connectivity index (χ2v) is 9.39. The first-order valence-electron chi connectivity index (χ1n) is 11.1. The van der Waals surface area contributed by atoms with Crippen LogP contribution in [-0.2, 0) is 21.5 Å². The Morgan fingerprint density at radius 1 is 1.00 bits per heavy atom.